The number of hydrogen-bond donors (Lipinski definition) is 2. The van der Waals surface area contributed by atoms with Gasteiger partial charge in [-0.3, -0.25) is 4.98 Å². The molecule has 1 heterocycles. The Bertz CT molecular complexity index is 899. The first-order chi connectivity index (χ1) is 13.2. The zero-order valence-electron chi connectivity index (χ0n) is 15.2. The Kier molecular flexibility index (Phi) is 6.22. The fourth-order valence-electron chi connectivity index (χ4n) is 2.63. The Morgan fingerprint density at radius 2 is 1.59 bits per heavy atom. The minimum absolute atomic E-state index is 0.486. The predicted octanol–water partition coefficient (Wildman–Crippen LogP) is 4.50. The van der Waals surface area contributed by atoms with Crippen LogP contribution in [0.1, 0.15) is 11.1 Å². The third kappa shape index (κ3) is 5.18. The van der Waals surface area contributed by atoms with Crippen molar-refractivity contribution in [2.45, 2.75) is 6.42 Å². The van der Waals surface area contributed by atoms with Gasteiger partial charge in [-0.25, -0.2) is 0 Å². The lowest BCUT2D eigenvalue weighted by molar-refractivity contribution is 0.395. The monoisotopic (exact) mass is 379 g/mol. The summed E-state index contributed by atoms with van der Waals surface area (Å²) >= 11 is 5.41. The SMILES string of the molecule is COc1ccc(NC(=S)Nc2ccc(Cc3ccncc3)cc2)c(OC)c1. The van der Waals surface area contributed by atoms with E-state index in [-0.39, 0.29) is 0 Å². The molecular weight excluding hydrogens is 358 g/mol. The molecular formula is C21H21N3O2S. The molecule has 6 heteroatoms. The fraction of sp³-hybridized carbons (Fsp3) is 0.143. The Morgan fingerprint density at radius 1 is 0.889 bits per heavy atom. The number of methoxy groups -OCH3 is 2. The van der Waals surface area contributed by atoms with Gasteiger partial charge in [-0.05, 0) is 66.2 Å². The van der Waals surface area contributed by atoms with Crippen molar-refractivity contribution in [3.8, 4) is 11.5 Å². The predicted molar refractivity (Wildman–Crippen MR) is 113 cm³/mol. The van der Waals surface area contributed by atoms with Crippen LogP contribution in [-0.2, 0) is 6.42 Å². The first-order valence-electron chi connectivity index (χ1n) is 8.46. The lowest BCUT2D eigenvalue weighted by Crippen LogP contribution is -2.19. The van der Waals surface area contributed by atoms with E-state index in [1.54, 1.807) is 20.3 Å². The minimum atomic E-state index is 0.486. The Balaban J connectivity index is 1.61. The number of nitrogens with one attached hydrogen (secondary N) is 2. The molecule has 138 valence electrons. The summed E-state index contributed by atoms with van der Waals surface area (Å²) in [5.74, 6) is 1.38. The van der Waals surface area contributed by atoms with Gasteiger partial charge in [0.1, 0.15) is 11.5 Å². The van der Waals surface area contributed by atoms with E-state index in [0.29, 0.717) is 10.9 Å². The van der Waals surface area contributed by atoms with Crippen LogP contribution >= 0.6 is 12.2 Å². The van der Waals surface area contributed by atoms with Crippen molar-refractivity contribution in [1.29, 1.82) is 0 Å². The van der Waals surface area contributed by atoms with Gasteiger partial charge in [0.2, 0.25) is 0 Å². The molecule has 0 radical (unpaired) electrons. The van der Waals surface area contributed by atoms with Gasteiger partial charge in [0.05, 0.1) is 19.9 Å². The van der Waals surface area contributed by atoms with Crippen LogP contribution in [0.4, 0.5) is 11.4 Å². The van der Waals surface area contributed by atoms with Crippen LogP contribution < -0.4 is 20.1 Å². The van der Waals surface area contributed by atoms with Gasteiger partial charge in [0.15, 0.2) is 5.11 Å². The van der Waals surface area contributed by atoms with Crippen LogP contribution in [0.15, 0.2) is 67.0 Å². The van der Waals surface area contributed by atoms with Crippen molar-refractivity contribution in [1.82, 2.24) is 4.98 Å². The fourth-order valence-corrected chi connectivity index (χ4v) is 2.86. The van der Waals surface area contributed by atoms with E-state index in [4.69, 9.17) is 21.7 Å². The van der Waals surface area contributed by atoms with Crippen molar-refractivity contribution in [2.75, 3.05) is 24.9 Å². The third-order valence-electron chi connectivity index (χ3n) is 4.03. The highest BCUT2D eigenvalue weighted by molar-refractivity contribution is 7.80. The Labute approximate surface area is 164 Å². The second-order valence-electron chi connectivity index (χ2n) is 5.87. The van der Waals surface area contributed by atoms with Crippen molar-refractivity contribution in [3.05, 3.63) is 78.1 Å². The van der Waals surface area contributed by atoms with E-state index in [9.17, 15) is 0 Å². The maximum Gasteiger partial charge on any atom is 0.175 e. The average Bonchev–Trinajstić information content (AvgIpc) is 2.70. The summed E-state index contributed by atoms with van der Waals surface area (Å²) in [6.07, 6.45) is 4.49. The van der Waals surface area contributed by atoms with Crippen LogP contribution in [0, 0.1) is 0 Å². The maximum atomic E-state index is 5.41. The maximum absolute atomic E-state index is 5.41. The first-order valence-corrected chi connectivity index (χ1v) is 8.86. The molecule has 0 saturated heterocycles. The van der Waals surface area contributed by atoms with Crippen LogP contribution in [0.2, 0.25) is 0 Å². The van der Waals surface area contributed by atoms with E-state index in [0.717, 1.165) is 23.5 Å². The number of thiocarbonyl (C=S) groups is 1. The largest absolute Gasteiger partial charge is 0.497 e. The second kappa shape index (κ2) is 9.00. The van der Waals surface area contributed by atoms with Gasteiger partial charge in [0.25, 0.3) is 0 Å². The molecule has 0 bridgehead atoms. The van der Waals surface area contributed by atoms with Crippen molar-refractivity contribution in [3.63, 3.8) is 0 Å². The van der Waals surface area contributed by atoms with Crippen molar-refractivity contribution in [2.24, 2.45) is 0 Å². The summed E-state index contributed by atoms with van der Waals surface area (Å²) in [5, 5.41) is 6.82. The van der Waals surface area contributed by atoms with Crippen molar-refractivity contribution < 1.29 is 9.47 Å². The number of rotatable bonds is 6. The molecule has 0 aliphatic heterocycles. The van der Waals surface area contributed by atoms with Crippen LogP contribution in [0.25, 0.3) is 0 Å². The van der Waals surface area contributed by atoms with Gasteiger partial charge >= 0.3 is 0 Å². The quantitative estimate of drug-likeness (QED) is 0.615. The smallest absolute Gasteiger partial charge is 0.175 e. The number of ether oxygens (including phenoxy) is 2. The summed E-state index contributed by atoms with van der Waals surface area (Å²) in [7, 11) is 3.23. The molecule has 0 fully saturated rings. The molecule has 0 aliphatic rings. The molecule has 3 rings (SSSR count). The van der Waals surface area contributed by atoms with E-state index in [2.05, 4.69) is 27.8 Å². The normalized spacial score (nSPS) is 10.1. The number of hydrogen-bond acceptors (Lipinski definition) is 4. The molecule has 5 nitrogen and oxygen atoms in total. The Hall–Kier alpha value is -3.12. The summed E-state index contributed by atoms with van der Waals surface area (Å²) in [6.45, 7) is 0. The molecule has 0 unspecified atom stereocenters. The molecule has 3 aromatic rings. The zero-order valence-corrected chi connectivity index (χ0v) is 16.0. The number of nitrogens with zero attached hydrogens (tertiary/aromatic N) is 1. The van der Waals surface area contributed by atoms with Gasteiger partial charge in [-0.1, -0.05) is 12.1 Å². The van der Waals surface area contributed by atoms with Gasteiger partial charge < -0.3 is 20.1 Å². The average molecular weight is 379 g/mol. The Morgan fingerprint density at radius 3 is 2.26 bits per heavy atom. The lowest BCUT2D eigenvalue weighted by atomic mass is 10.1. The van der Waals surface area contributed by atoms with Crippen LogP contribution in [-0.4, -0.2) is 24.3 Å². The van der Waals surface area contributed by atoms with E-state index >= 15 is 0 Å². The highest BCUT2D eigenvalue weighted by Crippen LogP contribution is 2.29. The molecule has 27 heavy (non-hydrogen) atoms. The molecule has 2 aromatic carbocycles. The van der Waals surface area contributed by atoms with Gasteiger partial charge in [-0.2, -0.15) is 0 Å². The van der Waals surface area contributed by atoms with E-state index in [1.807, 2.05) is 48.8 Å². The highest BCUT2D eigenvalue weighted by Gasteiger charge is 2.07. The number of aromatic nitrogens is 1. The third-order valence-corrected chi connectivity index (χ3v) is 4.23. The van der Waals surface area contributed by atoms with Gasteiger partial charge in [-0.15, -0.1) is 0 Å². The highest BCUT2D eigenvalue weighted by atomic mass is 32.1. The molecule has 0 amide bonds. The van der Waals surface area contributed by atoms with Crippen molar-refractivity contribution >= 4 is 28.7 Å². The first kappa shape index (κ1) is 18.7. The lowest BCUT2D eigenvalue weighted by Gasteiger charge is -2.14. The standard InChI is InChI=1S/C21H21N3O2S/c1-25-18-7-8-19(20(14-18)26-2)24-21(27)23-17-5-3-15(4-6-17)13-16-9-11-22-12-10-16/h3-12,14H,13H2,1-2H3,(H2,23,24,27). The number of pyridine rings is 1. The van der Waals surface area contributed by atoms with E-state index < -0.39 is 0 Å². The summed E-state index contributed by atoms with van der Waals surface area (Å²) in [6, 6.07) is 17.7. The van der Waals surface area contributed by atoms with Crippen LogP contribution in [0.3, 0.4) is 0 Å². The molecule has 0 saturated carbocycles. The molecule has 1 aromatic heterocycles. The van der Waals surface area contributed by atoms with E-state index in [1.165, 1.54) is 11.1 Å². The summed E-state index contributed by atoms with van der Waals surface area (Å²) in [5.41, 5.74) is 4.14. The van der Waals surface area contributed by atoms with Crippen LogP contribution in [0.5, 0.6) is 11.5 Å². The molecule has 0 aliphatic carbocycles. The zero-order chi connectivity index (χ0) is 19.1. The minimum Gasteiger partial charge on any atom is -0.497 e. The molecule has 0 atom stereocenters. The number of anilines is 2. The molecule has 2 N–H and O–H groups in total. The second-order valence-corrected chi connectivity index (χ2v) is 6.28. The molecule has 0 spiro atoms. The summed E-state index contributed by atoms with van der Waals surface area (Å²) < 4.78 is 10.6. The topological polar surface area (TPSA) is 55.4 Å². The number of benzene rings is 2. The van der Waals surface area contributed by atoms with Gasteiger partial charge in [0, 0.05) is 24.1 Å². The summed E-state index contributed by atoms with van der Waals surface area (Å²) in [4.78, 5) is 4.04.